The average Bonchev–Trinajstić information content (AvgIpc) is 2.16. The summed E-state index contributed by atoms with van der Waals surface area (Å²) in [5.41, 5.74) is -0.0615. The smallest absolute Gasteiger partial charge is 0.280 e. The van der Waals surface area contributed by atoms with E-state index in [2.05, 4.69) is 0 Å². The molecule has 80 valence electrons. The highest BCUT2D eigenvalue weighted by Crippen LogP contribution is 2.19. The number of carbonyl (C=O) groups excluding carboxylic acids is 1. The molecule has 0 radical (unpaired) electrons. The molecule has 0 aliphatic rings. The zero-order chi connectivity index (χ0) is 11.4. The molecule has 7 heteroatoms. The van der Waals surface area contributed by atoms with E-state index in [0.29, 0.717) is 11.8 Å². The molecule has 0 saturated heterocycles. The minimum atomic E-state index is -2.06. The van der Waals surface area contributed by atoms with Crippen molar-refractivity contribution in [1.82, 2.24) is 0 Å². The van der Waals surface area contributed by atoms with Gasteiger partial charge in [0.15, 0.2) is 17.4 Å². The second-order valence-electron chi connectivity index (χ2n) is 2.73. The van der Waals surface area contributed by atoms with E-state index >= 15 is 0 Å². The lowest BCUT2D eigenvalue weighted by Crippen LogP contribution is -1.98. The molecule has 0 aliphatic carbocycles. The fourth-order valence-electron chi connectivity index (χ4n) is 1.08. The molecule has 0 bridgehead atoms. The highest BCUT2D eigenvalue weighted by molar-refractivity contribution is 7.78. The number of nitro benzene ring substituents is 1. The Morgan fingerprint density at radius 2 is 2.20 bits per heavy atom. The summed E-state index contributed by atoms with van der Waals surface area (Å²) >= 11 is -2.06. The van der Waals surface area contributed by atoms with Gasteiger partial charge in [-0.2, -0.15) is 0 Å². The van der Waals surface area contributed by atoms with Gasteiger partial charge in [-0.05, 0) is 11.6 Å². The summed E-state index contributed by atoms with van der Waals surface area (Å²) in [4.78, 5) is 20.3. The fraction of sp³-hybridized carbons (Fsp3) is 0.125. The van der Waals surface area contributed by atoms with Crippen LogP contribution in [0.4, 0.5) is 5.69 Å². The van der Waals surface area contributed by atoms with E-state index in [-0.39, 0.29) is 17.0 Å². The van der Waals surface area contributed by atoms with Gasteiger partial charge in [0.25, 0.3) is 5.69 Å². The molecule has 0 aromatic heterocycles. The number of carbonyl (C=O) groups is 1. The van der Waals surface area contributed by atoms with Gasteiger partial charge in [-0.1, -0.05) is 6.07 Å². The fourth-order valence-corrected chi connectivity index (χ4v) is 1.54. The highest BCUT2D eigenvalue weighted by Gasteiger charge is 2.14. The molecular weight excluding hydrogens is 222 g/mol. The van der Waals surface area contributed by atoms with Crippen molar-refractivity contribution in [2.75, 3.05) is 0 Å². The van der Waals surface area contributed by atoms with Crippen molar-refractivity contribution in [2.45, 2.75) is 5.75 Å². The Balaban J connectivity index is 3.15. The normalized spacial score (nSPS) is 12.1. The van der Waals surface area contributed by atoms with Crippen molar-refractivity contribution in [3.05, 3.63) is 39.4 Å². The predicted octanol–water partition coefficient (Wildman–Crippen LogP) is 1.13. The minimum Gasteiger partial charge on any atom is -0.306 e. The van der Waals surface area contributed by atoms with Crippen LogP contribution in [-0.2, 0) is 16.8 Å². The van der Waals surface area contributed by atoms with Crippen LogP contribution in [0.15, 0.2) is 18.2 Å². The minimum absolute atomic E-state index is 0.0486. The van der Waals surface area contributed by atoms with E-state index in [4.69, 9.17) is 4.55 Å². The molecule has 1 aromatic rings. The summed E-state index contributed by atoms with van der Waals surface area (Å²) < 4.78 is 19.1. The van der Waals surface area contributed by atoms with Gasteiger partial charge in [-0.15, -0.1) is 0 Å². The van der Waals surface area contributed by atoms with E-state index in [1.54, 1.807) is 0 Å². The lowest BCUT2D eigenvalue weighted by molar-refractivity contribution is -0.385. The number of nitro groups is 1. The van der Waals surface area contributed by atoms with Crippen LogP contribution < -0.4 is 0 Å². The lowest BCUT2D eigenvalue weighted by atomic mass is 10.1. The molecular formula is C8H7NO5S. The van der Waals surface area contributed by atoms with Gasteiger partial charge in [0.05, 0.1) is 16.2 Å². The Kier molecular flexibility index (Phi) is 3.64. The monoisotopic (exact) mass is 229 g/mol. The molecule has 1 unspecified atom stereocenters. The Morgan fingerprint density at radius 1 is 1.53 bits per heavy atom. The Bertz CT molecular complexity index is 431. The molecule has 15 heavy (non-hydrogen) atoms. The number of aldehydes is 1. The van der Waals surface area contributed by atoms with E-state index in [1.807, 2.05) is 0 Å². The maximum absolute atomic E-state index is 10.5. The van der Waals surface area contributed by atoms with Gasteiger partial charge in [0.2, 0.25) is 0 Å². The van der Waals surface area contributed by atoms with Gasteiger partial charge in [-0.3, -0.25) is 14.9 Å². The quantitative estimate of drug-likeness (QED) is 0.361. The van der Waals surface area contributed by atoms with Crippen molar-refractivity contribution < 1.29 is 18.5 Å². The third-order valence-electron chi connectivity index (χ3n) is 1.71. The molecule has 6 nitrogen and oxygen atoms in total. The van der Waals surface area contributed by atoms with Crippen LogP contribution >= 0.6 is 0 Å². The van der Waals surface area contributed by atoms with E-state index in [1.165, 1.54) is 12.1 Å². The number of hydrogen-bond acceptors (Lipinski definition) is 4. The third-order valence-corrected chi connectivity index (χ3v) is 2.29. The number of hydrogen-bond donors (Lipinski definition) is 1. The van der Waals surface area contributed by atoms with Gasteiger partial charge < -0.3 is 4.55 Å². The van der Waals surface area contributed by atoms with Crippen molar-refractivity contribution in [3.8, 4) is 0 Å². The van der Waals surface area contributed by atoms with Crippen LogP contribution in [0.3, 0.4) is 0 Å². The standard InChI is InChI=1S/C8H7NO5S/c10-4-7-2-1-6(5-15(13)14)3-8(7)9(11)12/h1-4H,5H2,(H,13,14). The molecule has 0 spiro atoms. The number of rotatable bonds is 4. The molecule has 0 amide bonds. The molecule has 0 aliphatic heterocycles. The Morgan fingerprint density at radius 3 is 2.67 bits per heavy atom. The first-order valence-electron chi connectivity index (χ1n) is 3.84. The predicted molar refractivity (Wildman–Crippen MR) is 53.0 cm³/mol. The second-order valence-corrected chi connectivity index (χ2v) is 3.67. The van der Waals surface area contributed by atoms with Crippen LogP contribution in [0.25, 0.3) is 0 Å². The Hall–Kier alpha value is -1.60. The first kappa shape index (κ1) is 11.5. The molecule has 1 N–H and O–H groups in total. The first-order chi connectivity index (χ1) is 7.04. The lowest BCUT2D eigenvalue weighted by Gasteiger charge is -1.99. The van der Waals surface area contributed by atoms with E-state index in [0.717, 1.165) is 6.07 Å². The highest BCUT2D eigenvalue weighted by atomic mass is 32.2. The van der Waals surface area contributed by atoms with E-state index in [9.17, 15) is 19.1 Å². The second kappa shape index (κ2) is 4.76. The molecule has 0 heterocycles. The maximum Gasteiger partial charge on any atom is 0.280 e. The first-order valence-corrected chi connectivity index (χ1v) is 5.12. The van der Waals surface area contributed by atoms with Gasteiger partial charge in [0.1, 0.15) is 0 Å². The van der Waals surface area contributed by atoms with Crippen molar-refractivity contribution >= 4 is 23.1 Å². The van der Waals surface area contributed by atoms with E-state index < -0.39 is 16.0 Å². The van der Waals surface area contributed by atoms with Gasteiger partial charge in [0, 0.05) is 6.07 Å². The topological polar surface area (TPSA) is 97.5 Å². The van der Waals surface area contributed by atoms with Crippen LogP contribution in [0.1, 0.15) is 15.9 Å². The van der Waals surface area contributed by atoms with Crippen molar-refractivity contribution in [2.24, 2.45) is 0 Å². The zero-order valence-corrected chi connectivity index (χ0v) is 8.27. The maximum atomic E-state index is 10.5. The van der Waals surface area contributed by atoms with Crippen molar-refractivity contribution in [3.63, 3.8) is 0 Å². The van der Waals surface area contributed by atoms with Crippen molar-refractivity contribution in [1.29, 1.82) is 0 Å². The zero-order valence-electron chi connectivity index (χ0n) is 7.45. The number of benzene rings is 1. The molecule has 1 aromatic carbocycles. The summed E-state index contributed by atoms with van der Waals surface area (Å²) in [6.45, 7) is 0. The summed E-state index contributed by atoms with van der Waals surface area (Å²) in [6, 6.07) is 3.79. The SMILES string of the molecule is O=Cc1ccc(CS(=O)O)cc1[N+](=O)[O-]. The largest absolute Gasteiger partial charge is 0.306 e. The molecule has 1 rings (SSSR count). The van der Waals surface area contributed by atoms with Gasteiger partial charge >= 0.3 is 0 Å². The van der Waals surface area contributed by atoms with Crippen LogP contribution in [0.5, 0.6) is 0 Å². The Labute approximate surface area is 87.4 Å². The third kappa shape index (κ3) is 2.93. The van der Waals surface area contributed by atoms with Crippen LogP contribution in [-0.4, -0.2) is 20.0 Å². The van der Waals surface area contributed by atoms with Crippen LogP contribution in [0, 0.1) is 10.1 Å². The van der Waals surface area contributed by atoms with Crippen LogP contribution in [0.2, 0.25) is 0 Å². The molecule has 0 fully saturated rings. The molecule has 0 saturated carbocycles. The average molecular weight is 229 g/mol. The molecule has 1 atom stereocenters. The van der Waals surface area contributed by atoms with Gasteiger partial charge in [-0.25, -0.2) is 4.21 Å². The summed E-state index contributed by atoms with van der Waals surface area (Å²) in [5.74, 6) is -0.194. The summed E-state index contributed by atoms with van der Waals surface area (Å²) in [5, 5.41) is 10.5. The summed E-state index contributed by atoms with van der Waals surface area (Å²) in [6.07, 6.45) is 0.373. The number of nitrogens with zero attached hydrogens (tertiary/aromatic N) is 1. The summed E-state index contributed by atoms with van der Waals surface area (Å²) in [7, 11) is 0.